The maximum absolute atomic E-state index is 9.36. The lowest BCUT2D eigenvalue weighted by molar-refractivity contribution is 0.205. The first-order chi connectivity index (χ1) is 13.3. The van der Waals surface area contributed by atoms with Gasteiger partial charge < -0.3 is 9.80 Å². The van der Waals surface area contributed by atoms with Gasteiger partial charge in [-0.1, -0.05) is 6.07 Å². The average molecular weight is 362 g/mol. The molecule has 0 spiro atoms. The zero-order valence-electron chi connectivity index (χ0n) is 15.7. The van der Waals surface area contributed by atoms with Crippen LogP contribution in [-0.2, 0) is 0 Å². The highest BCUT2D eigenvalue weighted by molar-refractivity contribution is 5.53. The van der Waals surface area contributed by atoms with Crippen LogP contribution in [-0.4, -0.2) is 60.7 Å². The van der Waals surface area contributed by atoms with Crippen molar-refractivity contribution in [3.8, 4) is 6.07 Å². The second kappa shape index (κ2) is 8.36. The molecule has 6 heteroatoms. The summed E-state index contributed by atoms with van der Waals surface area (Å²) >= 11 is 0. The first kappa shape index (κ1) is 17.7. The molecule has 0 radical (unpaired) electrons. The van der Waals surface area contributed by atoms with Crippen LogP contribution in [0.5, 0.6) is 0 Å². The molecule has 2 aromatic rings. The Bertz CT molecular complexity index is 779. The standard InChI is InChI=1S/C21H26N6/c22-15-19-6-3-9-24-21(19)27-10-4-5-18(17-27)16-25-11-13-26(14-12-25)20-7-1-2-8-23-20/h1-3,6-9,18H,4-5,10-14,16-17H2/t18-/m1/s1. The van der Waals surface area contributed by atoms with Crippen LogP contribution in [0.1, 0.15) is 18.4 Å². The number of aromatic nitrogens is 2. The highest BCUT2D eigenvalue weighted by Gasteiger charge is 2.26. The third-order valence-electron chi connectivity index (χ3n) is 5.59. The number of piperidine rings is 1. The van der Waals surface area contributed by atoms with Crippen molar-refractivity contribution in [3.63, 3.8) is 0 Å². The summed E-state index contributed by atoms with van der Waals surface area (Å²) in [5.41, 5.74) is 0.683. The van der Waals surface area contributed by atoms with Gasteiger partial charge in [-0.25, -0.2) is 9.97 Å². The number of pyridine rings is 2. The molecule has 2 saturated heterocycles. The van der Waals surface area contributed by atoms with E-state index in [1.807, 2.05) is 24.4 Å². The Balaban J connectivity index is 1.32. The number of hydrogen-bond donors (Lipinski definition) is 0. The Morgan fingerprint density at radius 3 is 2.59 bits per heavy atom. The molecule has 4 heterocycles. The van der Waals surface area contributed by atoms with E-state index in [-0.39, 0.29) is 0 Å². The quantitative estimate of drug-likeness (QED) is 0.832. The molecule has 2 aromatic heterocycles. The molecule has 0 N–H and O–H groups in total. The summed E-state index contributed by atoms with van der Waals surface area (Å²) in [6.07, 6.45) is 6.08. The first-order valence-corrected chi connectivity index (χ1v) is 9.82. The summed E-state index contributed by atoms with van der Waals surface area (Å²) in [6.45, 7) is 7.35. The number of nitrogens with zero attached hydrogens (tertiary/aromatic N) is 6. The highest BCUT2D eigenvalue weighted by atomic mass is 15.3. The summed E-state index contributed by atoms with van der Waals surface area (Å²) in [5, 5.41) is 9.36. The summed E-state index contributed by atoms with van der Waals surface area (Å²) in [5.74, 6) is 2.57. The molecule has 0 amide bonds. The van der Waals surface area contributed by atoms with Crippen LogP contribution in [0.3, 0.4) is 0 Å². The first-order valence-electron chi connectivity index (χ1n) is 9.82. The van der Waals surface area contributed by atoms with Gasteiger partial charge >= 0.3 is 0 Å². The predicted octanol–water partition coefficient (Wildman–Crippen LogP) is 2.39. The topological polar surface area (TPSA) is 59.3 Å². The molecule has 2 fully saturated rings. The monoisotopic (exact) mass is 362 g/mol. The van der Waals surface area contributed by atoms with Gasteiger partial charge in [-0.15, -0.1) is 0 Å². The fourth-order valence-corrected chi connectivity index (χ4v) is 4.21. The second-order valence-electron chi connectivity index (χ2n) is 7.42. The molecule has 140 valence electrons. The Kier molecular flexibility index (Phi) is 5.50. The number of hydrogen-bond acceptors (Lipinski definition) is 6. The van der Waals surface area contributed by atoms with Crippen molar-refractivity contribution >= 4 is 11.6 Å². The lowest BCUT2D eigenvalue weighted by Crippen LogP contribution is -2.50. The van der Waals surface area contributed by atoms with Crippen molar-refractivity contribution in [2.24, 2.45) is 5.92 Å². The summed E-state index contributed by atoms with van der Waals surface area (Å²) in [6, 6.07) is 12.1. The molecule has 0 bridgehead atoms. The second-order valence-corrected chi connectivity index (χ2v) is 7.42. The zero-order valence-corrected chi connectivity index (χ0v) is 15.7. The Hall–Kier alpha value is -2.65. The third kappa shape index (κ3) is 4.20. The minimum atomic E-state index is 0.633. The number of piperazine rings is 1. The number of rotatable bonds is 4. The molecule has 0 aromatic carbocycles. The Morgan fingerprint density at radius 1 is 0.963 bits per heavy atom. The van der Waals surface area contributed by atoms with E-state index in [9.17, 15) is 5.26 Å². The van der Waals surface area contributed by atoms with Crippen molar-refractivity contribution in [2.45, 2.75) is 12.8 Å². The molecule has 0 saturated carbocycles. The van der Waals surface area contributed by atoms with Gasteiger partial charge in [-0.2, -0.15) is 5.26 Å². The number of anilines is 2. The van der Waals surface area contributed by atoms with E-state index in [1.165, 1.54) is 12.8 Å². The summed E-state index contributed by atoms with van der Waals surface area (Å²) < 4.78 is 0. The largest absolute Gasteiger partial charge is 0.355 e. The van der Waals surface area contributed by atoms with Crippen molar-refractivity contribution < 1.29 is 0 Å². The minimum Gasteiger partial charge on any atom is -0.355 e. The molecule has 2 aliphatic heterocycles. The minimum absolute atomic E-state index is 0.633. The van der Waals surface area contributed by atoms with Gasteiger partial charge in [0.15, 0.2) is 0 Å². The molecule has 2 aliphatic rings. The van der Waals surface area contributed by atoms with Gasteiger partial charge in [-0.05, 0) is 43.0 Å². The van der Waals surface area contributed by atoms with E-state index in [0.29, 0.717) is 11.5 Å². The van der Waals surface area contributed by atoms with E-state index in [4.69, 9.17) is 0 Å². The molecular formula is C21H26N6. The average Bonchev–Trinajstić information content (AvgIpc) is 2.75. The fraction of sp³-hybridized carbons (Fsp3) is 0.476. The van der Waals surface area contributed by atoms with Crippen LogP contribution in [0.25, 0.3) is 0 Å². The van der Waals surface area contributed by atoms with Crippen molar-refractivity contribution in [1.82, 2.24) is 14.9 Å². The Labute approximate surface area is 161 Å². The zero-order chi connectivity index (χ0) is 18.5. The van der Waals surface area contributed by atoms with E-state index in [0.717, 1.165) is 57.4 Å². The smallest absolute Gasteiger partial charge is 0.146 e. The summed E-state index contributed by atoms with van der Waals surface area (Å²) in [4.78, 5) is 16.2. The van der Waals surface area contributed by atoms with E-state index in [1.54, 1.807) is 6.20 Å². The van der Waals surface area contributed by atoms with Gasteiger partial charge in [0.05, 0.1) is 5.56 Å². The number of nitriles is 1. The molecule has 27 heavy (non-hydrogen) atoms. The van der Waals surface area contributed by atoms with Crippen molar-refractivity contribution in [3.05, 3.63) is 48.3 Å². The SMILES string of the molecule is N#Cc1cccnc1N1CCC[C@H](CN2CCN(c3ccccn3)CC2)C1. The molecule has 6 nitrogen and oxygen atoms in total. The molecule has 4 rings (SSSR count). The van der Waals surface area contributed by atoms with Gasteiger partial charge in [0.2, 0.25) is 0 Å². The van der Waals surface area contributed by atoms with E-state index in [2.05, 4.69) is 42.9 Å². The molecule has 0 unspecified atom stereocenters. The molecular weight excluding hydrogens is 336 g/mol. The Morgan fingerprint density at radius 2 is 1.81 bits per heavy atom. The highest BCUT2D eigenvalue weighted by Crippen LogP contribution is 2.25. The van der Waals surface area contributed by atoms with Crippen LogP contribution in [0.4, 0.5) is 11.6 Å². The lowest BCUT2D eigenvalue weighted by atomic mass is 9.96. The maximum Gasteiger partial charge on any atom is 0.146 e. The van der Waals surface area contributed by atoms with Gasteiger partial charge in [0.1, 0.15) is 17.7 Å². The van der Waals surface area contributed by atoms with Gasteiger partial charge in [-0.3, -0.25) is 4.90 Å². The van der Waals surface area contributed by atoms with Gasteiger partial charge in [0.25, 0.3) is 0 Å². The van der Waals surface area contributed by atoms with Crippen molar-refractivity contribution in [2.75, 3.05) is 55.6 Å². The van der Waals surface area contributed by atoms with Crippen LogP contribution in [0, 0.1) is 17.2 Å². The normalized spacial score (nSPS) is 21.1. The van der Waals surface area contributed by atoms with Crippen LogP contribution in [0.2, 0.25) is 0 Å². The van der Waals surface area contributed by atoms with E-state index >= 15 is 0 Å². The molecule has 1 atom stereocenters. The van der Waals surface area contributed by atoms with Gasteiger partial charge in [0, 0.05) is 58.2 Å². The van der Waals surface area contributed by atoms with Crippen molar-refractivity contribution in [1.29, 1.82) is 5.26 Å². The predicted molar refractivity (Wildman–Crippen MR) is 107 cm³/mol. The third-order valence-corrected chi connectivity index (χ3v) is 5.59. The van der Waals surface area contributed by atoms with E-state index < -0.39 is 0 Å². The fourth-order valence-electron chi connectivity index (χ4n) is 4.21. The van der Waals surface area contributed by atoms with Crippen LogP contribution < -0.4 is 9.80 Å². The lowest BCUT2D eigenvalue weighted by Gasteiger charge is -2.40. The summed E-state index contributed by atoms with van der Waals surface area (Å²) in [7, 11) is 0. The van der Waals surface area contributed by atoms with Crippen LogP contribution in [0.15, 0.2) is 42.7 Å². The van der Waals surface area contributed by atoms with Crippen LogP contribution >= 0.6 is 0 Å². The maximum atomic E-state index is 9.36. The molecule has 0 aliphatic carbocycles.